The van der Waals surface area contributed by atoms with Gasteiger partial charge in [-0.25, -0.2) is 8.78 Å². The van der Waals surface area contributed by atoms with Gasteiger partial charge >= 0.3 is 0 Å². The number of hydrogen-bond acceptors (Lipinski definition) is 1. The molecule has 3 unspecified atom stereocenters. The molecule has 0 aromatic rings. The third kappa shape index (κ3) is 1.24. The zero-order valence-corrected chi connectivity index (χ0v) is 7.05. The first-order valence-electron chi connectivity index (χ1n) is 4.72. The molecule has 2 N–H and O–H groups in total. The van der Waals surface area contributed by atoms with E-state index in [1.807, 2.05) is 0 Å². The highest BCUT2D eigenvalue weighted by molar-refractivity contribution is 4.95. The SMILES string of the molecule is N[C@H]1CCC2CC(F)[C@@H](F)CC21. The van der Waals surface area contributed by atoms with E-state index in [9.17, 15) is 8.78 Å². The van der Waals surface area contributed by atoms with Crippen molar-refractivity contribution in [2.45, 2.75) is 44.1 Å². The standard InChI is InChI=1S/C9H15F2N/c10-7-3-5-1-2-9(12)6(5)4-8(7)11/h5-9H,1-4,12H2/t5?,6?,7?,8-,9-/m0/s1. The first-order chi connectivity index (χ1) is 5.68. The summed E-state index contributed by atoms with van der Waals surface area (Å²) < 4.78 is 25.9. The molecular formula is C9H15F2N. The summed E-state index contributed by atoms with van der Waals surface area (Å²) >= 11 is 0. The minimum Gasteiger partial charge on any atom is -0.327 e. The summed E-state index contributed by atoms with van der Waals surface area (Å²) in [5.41, 5.74) is 5.81. The summed E-state index contributed by atoms with van der Waals surface area (Å²) in [5.74, 6) is 0.619. The second kappa shape index (κ2) is 2.95. The maximum Gasteiger partial charge on any atom is 0.131 e. The molecular weight excluding hydrogens is 160 g/mol. The van der Waals surface area contributed by atoms with Crippen molar-refractivity contribution in [3.05, 3.63) is 0 Å². The van der Waals surface area contributed by atoms with E-state index in [-0.39, 0.29) is 12.0 Å². The highest BCUT2D eigenvalue weighted by Gasteiger charge is 2.43. The van der Waals surface area contributed by atoms with Gasteiger partial charge in [-0.3, -0.25) is 0 Å². The lowest BCUT2D eigenvalue weighted by Gasteiger charge is -2.32. The molecule has 0 aromatic carbocycles. The zero-order valence-electron chi connectivity index (χ0n) is 7.05. The van der Waals surface area contributed by atoms with Gasteiger partial charge in [0.1, 0.15) is 12.3 Å². The maximum atomic E-state index is 13.0. The molecule has 2 rings (SSSR count). The third-order valence-electron chi connectivity index (χ3n) is 3.44. The lowest BCUT2D eigenvalue weighted by Crippen LogP contribution is -2.38. The number of halogens is 2. The average Bonchev–Trinajstić information content (AvgIpc) is 2.35. The molecule has 0 spiro atoms. The summed E-state index contributed by atoms with van der Waals surface area (Å²) in [7, 11) is 0. The number of fused-ring (bicyclic) bond motifs is 1. The minimum absolute atomic E-state index is 0.126. The molecule has 70 valence electrons. The van der Waals surface area contributed by atoms with Crippen LogP contribution in [0.4, 0.5) is 8.78 Å². The van der Waals surface area contributed by atoms with Gasteiger partial charge in [0.05, 0.1) is 0 Å². The van der Waals surface area contributed by atoms with Crippen LogP contribution in [0.5, 0.6) is 0 Å². The number of rotatable bonds is 0. The van der Waals surface area contributed by atoms with Crippen molar-refractivity contribution in [2.24, 2.45) is 17.6 Å². The molecule has 2 saturated carbocycles. The summed E-state index contributed by atoms with van der Waals surface area (Å²) in [5, 5.41) is 0. The Hall–Kier alpha value is -0.180. The molecule has 0 aliphatic heterocycles. The first-order valence-corrected chi connectivity index (χ1v) is 4.72. The van der Waals surface area contributed by atoms with Crippen molar-refractivity contribution in [3.8, 4) is 0 Å². The van der Waals surface area contributed by atoms with Gasteiger partial charge in [-0.15, -0.1) is 0 Å². The van der Waals surface area contributed by atoms with Crippen LogP contribution in [0.2, 0.25) is 0 Å². The Morgan fingerprint density at radius 2 is 1.67 bits per heavy atom. The fourth-order valence-corrected chi connectivity index (χ4v) is 2.69. The summed E-state index contributed by atoms with van der Waals surface area (Å²) in [6.45, 7) is 0. The molecule has 2 aliphatic carbocycles. The Kier molecular flexibility index (Phi) is 2.07. The van der Waals surface area contributed by atoms with E-state index < -0.39 is 12.3 Å². The van der Waals surface area contributed by atoms with Crippen LogP contribution >= 0.6 is 0 Å². The molecule has 3 heteroatoms. The van der Waals surface area contributed by atoms with Gasteiger partial charge in [0.15, 0.2) is 0 Å². The molecule has 12 heavy (non-hydrogen) atoms. The van der Waals surface area contributed by atoms with Crippen molar-refractivity contribution in [3.63, 3.8) is 0 Å². The molecule has 1 nitrogen and oxygen atoms in total. The zero-order chi connectivity index (χ0) is 8.72. The Labute approximate surface area is 71.3 Å². The van der Waals surface area contributed by atoms with Gasteiger partial charge in [0.25, 0.3) is 0 Å². The normalized spacial score (nSPS) is 53.8. The minimum atomic E-state index is -1.25. The maximum absolute atomic E-state index is 13.0. The van der Waals surface area contributed by atoms with E-state index in [0.717, 1.165) is 12.8 Å². The molecule has 2 aliphatic rings. The van der Waals surface area contributed by atoms with Gasteiger partial charge in [0, 0.05) is 6.04 Å². The molecule has 0 amide bonds. The second-order valence-electron chi connectivity index (χ2n) is 4.17. The predicted octanol–water partition coefficient (Wildman–Crippen LogP) is 1.81. The molecule has 0 aromatic heterocycles. The van der Waals surface area contributed by atoms with E-state index in [1.54, 1.807) is 0 Å². The van der Waals surface area contributed by atoms with Gasteiger partial charge in [-0.1, -0.05) is 0 Å². The van der Waals surface area contributed by atoms with Crippen LogP contribution in [0, 0.1) is 11.8 Å². The monoisotopic (exact) mass is 175 g/mol. The Morgan fingerprint density at radius 3 is 2.42 bits per heavy atom. The largest absolute Gasteiger partial charge is 0.327 e. The van der Waals surface area contributed by atoms with Crippen molar-refractivity contribution >= 4 is 0 Å². The second-order valence-corrected chi connectivity index (χ2v) is 4.17. The Bertz CT molecular complexity index is 174. The quantitative estimate of drug-likeness (QED) is 0.597. The van der Waals surface area contributed by atoms with Crippen LogP contribution in [0.3, 0.4) is 0 Å². The van der Waals surface area contributed by atoms with Gasteiger partial charge in [-0.2, -0.15) is 0 Å². The molecule has 5 atom stereocenters. The summed E-state index contributed by atoms with van der Waals surface area (Å²) in [6.07, 6.45) is 0.229. The summed E-state index contributed by atoms with van der Waals surface area (Å²) in [6, 6.07) is 0.126. The average molecular weight is 175 g/mol. The van der Waals surface area contributed by atoms with Crippen LogP contribution in [0.25, 0.3) is 0 Å². The predicted molar refractivity (Wildman–Crippen MR) is 43.2 cm³/mol. The van der Waals surface area contributed by atoms with Gasteiger partial charge in [-0.05, 0) is 37.5 Å². The lowest BCUT2D eigenvalue weighted by molar-refractivity contribution is 0.0588. The number of hydrogen-bond donors (Lipinski definition) is 1. The van der Waals surface area contributed by atoms with Crippen LogP contribution in [-0.4, -0.2) is 18.4 Å². The molecule has 0 heterocycles. The van der Waals surface area contributed by atoms with Crippen molar-refractivity contribution < 1.29 is 8.78 Å². The van der Waals surface area contributed by atoms with E-state index in [4.69, 9.17) is 5.73 Å². The van der Waals surface area contributed by atoms with E-state index >= 15 is 0 Å². The first kappa shape index (κ1) is 8.42. The van der Waals surface area contributed by atoms with Crippen LogP contribution in [0.1, 0.15) is 25.7 Å². The third-order valence-corrected chi connectivity index (χ3v) is 3.44. The van der Waals surface area contributed by atoms with Gasteiger partial charge < -0.3 is 5.73 Å². The van der Waals surface area contributed by atoms with E-state index in [0.29, 0.717) is 18.8 Å². The van der Waals surface area contributed by atoms with Crippen LogP contribution < -0.4 is 5.73 Å². The van der Waals surface area contributed by atoms with Crippen LogP contribution in [0.15, 0.2) is 0 Å². The molecule has 0 radical (unpaired) electrons. The Morgan fingerprint density at radius 1 is 1.00 bits per heavy atom. The molecule has 0 saturated heterocycles. The highest BCUT2D eigenvalue weighted by atomic mass is 19.2. The van der Waals surface area contributed by atoms with E-state index in [2.05, 4.69) is 0 Å². The van der Waals surface area contributed by atoms with Crippen LogP contribution in [-0.2, 0) is 0 Å². The summed E-state index contributed by atoms with van der Waals surface area (Å²) in [4.78, 5) is 0. The fourth-order valence-electron chi connectivity index (χ4n) is 2.69. The topological polar surface area (TPSA) is 26.0 Å². The van der Waals surface area contributed by atoms with Crippen molar-refractivity contribution in [2.75, 3.05) is 0 Å². The van der Waals surface area contributed by atoms with E-state index in [1.165, 1.54) is 0 Å². The number of alkyl halides is 2. The van der Waals surface area contributed by atoms with Crippen molar-refractivity contribution in [1.82, 2.24) is 0 Å². The van der Waals surface area contributed by atoms with Gasteiger partial charge in [0.2, 0.25) is 0 Å². The smallest absolute Gasteiger partial charge is 0.131 e. The van der Waals surface area contributed by atoms with Crippen molar-refractivity contribution in [1.29, 1.82) is 0 Å². The fraction of sp³-hybridized carbons (Fsp3) is 1.00. The molecule has 0 bridgehead atoms. The molecule has 2 fully saturated rings. The number of nitrogens with two attached hydrogens (primary N) is 1. The lowest BCUT2D eigenvalue weighted by atomic mass is 9.78. The highest BCUT2D eigenvalue weighted by Crippen LogP contribution is 2.43. The Balaban J connectivity index is 2.04.